The van der Waals surface area contributed by atoms with Gasteiger partial charge in [-0.2, -0.15) is 0 Å². The molecule has 22 heavy (non-hydrogen) atoms. The van der Waals surface area contributed by atoms with E-state index in [0.717, 1.165) is 18.7 Å². The number of hydrogen-bond donors (Lipinski definition) is 1. The van der Waals surface area contributed by atoms with Crippen LogP contribution in [0.5, 0.6) is 0 Å². The molecule has 118 valence electrons. The minimum Gasteiger partial charge on any atom is -1.00 e. The van der Waals surface area contributed by atoms with E-state index in [-0.39, 0.29) is 24.4 Å². The fourth-order valence-corrected chi connectivity index (χ4v) is 2.71. The van der Waals surface area contributed by atoms with Gasteiger partial charge in [0.2, 0.25) is 5.91 Å². The maximum absolute atomic E-state index is 12.5. The van der Waals surface area contributed by atoms with Crippen molar-refractivity contribution in [1.29, 1.82) is 0 Å². The number of rotatable bonds is 4. The predicted octanol–water partition coefficient (Wildman–Crippen LogP) is -0.653. The Morgan fingerprint density at radius 2 is 2.05 bits per heavy atom. The second-order valence-electron chi connectivity index (χ2n) is 5.46. The molecule has 1 aliphatic rings. The fourth-order valence-electron chi connectivity index (χ4n) is 2.71. The Hall–Kier alpha value is -1.78. The van der Waals surface area contributed by atoms with Gasteiger partial charge in [0.25, 0.3) is 0 Å². The van der Waals surface area contributed by atoms with E-state index in [1.165, 1.54) is 11.1 Å². The third-order valence-corrected chi connectivity index (χ3v) is 3.98. The molecule has 2 aromatic rings. The summed E-state index contributed by atoms with van der Waals surface area (Å²) in [5.41, 5.74) is 2.62. The Kier molecular flexibility index (Phi) is 5.63. The summed E-state index contributed by atoms with van der Waals surface area (Å²) in [6.07, 6.45) is 2.58. The van der Waals surface area contributed by atoms with Gasteiger partial charge in [-0.15, -0.1) is 0 Å². The molecule has 0 saturated carbocycles. The average Bonchev–Trinajstić information content (AvgIpc) is 3.05. The third-order valence-electron chi connectivity index (χ3n) is 3.98. The third kappa shape index (κ3) is 3.70. The number of hydrogen-bond acceptors (Lipinski definition) is 3. The van der Waals surface area contributed by atoms with E-state index in [4.69, 9.17) is 4.42 Å². The molecule has 0 spiro atoms. The summed E-state index contributed by atoms with van der Waals surface area (Å²) in [6.45, 7) is 3.99. The quantitative estimate of drug-likeness (QED) is 0.814. The lowest BCUT2D eigenvalue weighted by atomic mass is 9.99. The SMILES string of the molecule is CC(NCc1ccco1)C(=O)N1CCc2ccccc2C1.[Cl-]. The summed E-state index contributed by atoms with van der Waals surface area (Å²) >= 11 is 0. The van der Waals surface area contributed by atoms with Crippen molar-refractivity contribution < 1.29 is 21.6 Å². The van der Waals surface area contributed by atoms with E-state index in [9.17, 15) is 4.79 Å². The van der Waals surface area contributed by atoms with Gasteiger partial charge < -0.3 is 21.7 Å². The summed E-state index contributed by atoms with van der Waals surface area (Å²) in [6, 6.07) is 11.9. The van der Waals surface area contributed by atoms with Crippen molar-refractivity contribution in [1.82, 2.24) is 10.2 Å². The number of amides is 1. The van der Waals surface area contributed by atoms with Crippen molar-refractivity contribution in [2.45, 2.75) is 32.5 Å². The van der Waals surface area contributed by atoms with Crippen LogP contribution in [-0.4, -0.2) is 23.4 Å². The molecule has 0 fully saturated rings. The molecular formula is C17H20ClN2O2-. The number of halogens is 1. The van der Waals surface area contributed by atoms with Crippen molar-refractivity contribution >= 4 is 5.91 Å². The molecule has 1 aliphatic heterocycles. The van der Waals surface area contributed by atoms with E-state index < -0.39 is 0 Å². The maximum atomic E-state index is 12.5. The molecule has 0 aliphatic carbocycles. The fraction of sp³-hybridized carbons (Fsp3) is 0.353. The van der Waals surface area contributed by atoms with Crippen LogP contribution >= 0.6 is 0 Å². The van der Waals surface area contributed by atoms with Crippen molar-refractivity contribution in [3.63, 3.8) is 0 Å². The second-order valence-corrected chi connectivity index (χ2v) is 5.46. The zero-order chi connectivity index (χ0) is 14.7. The Morgan fingerprint density at radius 3 is 2.77 bits per heavy atom. The van der Waals surface area contributed by atoms with E-state index in [1.807, 2.05) is 30.0 Å². The van der Waals surface area contributed by atoms with E-state index in [0.29, 0.717) is 13.1 Å². The molecule has 1 aromatic carbocycles. The molecule has 2 heterocycles. The predicted molar refractivity (Wildman–Crippen MR) is 80.6 cm³/mol. The molecule has 3 rings (SSSR count). The van der Waals surface area contributed by atoms with Gasteiger partial charge in [0.15, 0.2) is 0 Å². The molecule has 1 aromatic heterocycles. The number of nitrogens with zero attached hydrogens (tertiary/aromatic N) is 1. The minimum atomic E-state index is -0.208. The van der Waals surface area contributed by atoms with Crippen molar-refractivity contribution in [2.75, 3.05) is 6.54 Å². The first-order valence-corrected chi connectivity index (χ1v) is 7.35. The minimum absolute atomic E-state index is 0. The molecule has 4 nitrogen and oxygen atoms in total. The molecule has 1 N–H and O–H groups in total. The van der Waals surface area contributed by atoms with Crippen molar-refractivity contribution in [3.8, 4) is 0 Å². The lowest BCUT2D eigenvalue weighted by Crippen LogP contribution is -3.00. The molecule has 1 amide bonds. The largest absolute Gasteiger partial charge is 1.00 e. The maximum Gasteiger partial charge on any atom is 0.239 e. The number of carbonyl (C=O) groups excluding carboxylic acids is 1. The van der Waals surface area contributed by atoms with Crippen LogP contribution in [0.2, 0.25) is 0 Å². The van der Waals surface area contributed by atoms with Crippen LogP contribution in [0.3, 0.4) is 0 Å². The first-order valence-electron chi connectivity index (χ1n) is 7.35. The van der Waals surface area contributed by atoms with Gasteiger partial charge in [-0.05, 0) is 36.6 Å². The molecule has 1 atom stereocenters. The lowest BCUT2D eigenvalue weighted by molar-refractivity contribution is -0.134. The Balaban J connectivity index is 0.00000176. The van der Waals surface area contributed by atoms with E-state index in [2.05, 4.69) is 23.5 Å². The van der Waals surface area contributed by atoms with Crippen LogP contribution in [-0.2, 0) is 24.3 Å². The van der Waals surface area contributed by atoms with Gasteiger partial charge in [-0.3, -0.25) is 10.1 Å². The molecule has 0 bridgehead atoms. The summed E-state index contributed by atoms with van der Waals surface area (Å²) in [7, 11) is 0. The van der Waals surface area contributed by atoms with Crippen LogP contribution in [0.15, 0.2) is 47.1 Å². The highest BCUT2D eigenvalue weighted by atomic mass is 35.5. The zero-order valence-electron chi connectivity index (χ0n) is 12.6. The molecule has 0 radical (unpaired) electrons. The highest BCUT2D eigenvalue weighted by Gasteiger charge is 2.24. The molecule has 1 unspecified atom stereocenters. The highest BCUT2D eigenvalue weighted by molar-refractivity contribution is 5.81. The average molecular weight is 320 g/mol. The van der Waals surface area contributed by atoms with Crippen LogP contribution in [0, 0.1) is 0 Å². The molecule has 0 saturated heterocycles. The van der Waals surface area contributed by atoms with Crippen LogP contribution < -0.4 is 17.7 Å². The van der Waals surface area contributed by atoms with Gasteiger partial charge in [0, 0.05) is 13.1 Å². The highest BCUT2D eigenvalue weighted by Crippen LogP contribution is 2.19. The number of carbonyl (C=O) groups is 1. The number of furan rings is 1. The smallest absolute Gasteiger partial charge is 0.239 e. The number of fused-ring (bicyclic) bond motifs is 1. The van der Waals surface area contributed by atoms with Crippen LogP contribution in [0.1, 0.15) is 23.8 Å². The Labute approximate surface area is 136 Å². The summed E-state index contributed by atoms with van der Waals surface area (Å²) in [5, 5.41) is 3.22. The van der Waals surface area contributed by atoms with Crippen molar-refractivity contribution in [3.05, 3.63) is 59.5 Å². The zero-order valence-corrected chi connectivity index (χ0v) is 13.3. The summed E-state index contributed by atoms with van der Waals surface area (Å²) in [5.74, 6) is 0.995. The van der Waals surface area contributed by atoms with Crippen molar-refractivity contribution in [2.24, 2.45) is 0 Å². The van der Waals surface area contributed by atoms with E-state index in [1.54, 1.807) is 6.26 Å². The summed E-state index contributed by atoms with van der Waals surface area (Å²) in [4.78, 5) is 14.4. The topological polar surface area (TPSA) is 45.5 Å². The monoisotopic (exact) mass is 319 g/mol. The van der Waals surface area contributed by atoms with Gasteiger partial charge in [0.1, 0.15) is 5.76 Å². The van der Waals surface area contributed by atoms with Crippen LogP contribution in [0.25, 0.3) is 0 Å². The lowest BCUT2D eigenvalue weighted by Gasteiger charge is -2.31. The number of nitrogens with one attached hydrogen (secondary N) is 1. The van der Waals surface area contributed by atoms with E-state index >= 15 is 0 Å². The Morgan fingerprint density at radius 1 is 1.27 bits per heavy atom. The first-order chi connectivity index (χ1) is 10.2. The van der Waals surface area contributed by atoms with Crippen LogP contribution in [0.4, 0.5) is 0 Å². The molecular weight excluding hydrogens is 300 g/mol. The Bertz CT molecular complexity index is 613. The second kappa shape index (κ2) is 7.47. The normalized spacial score (nSPS) is 14.9. The van der Waals surface area contributed by atoms with Gasteiger partial charge in [-0.25, -0.2) is 0 Å². The molecule has 5 heteroatoms. The summed E-state index contributed by atoms with van der Waals surface area (Å²) < 4.78 is 5.27. The van der Waals surface area contributed by atoms with Gasteiger partial charge >= 0.3 is 0 Å². The number of benzene rings is 1. The standard InChI is InChI=1S/C17H20N2O2.ClH/c1-13(18-11-16-7-4-10-21-16)17(20)19-9-8-14-5-2-3-6-15(14)12-19;/h2-7,10,13,18H,8-9,11-12H2,1H3;1H/p-1. The van der Waals surface area contributed by atoms with Gasteiger partial charge in [-0.1, -0.05) is 24.3 Å². The van der Waals surface area contributed by atoms with Gasteiger partial charge in [0.05, 0.1) is 18.8 Å². The first kappa shape index (κ1) is 16.6.